The van der Waals surface area contributed by atoms with Crippen LogP contribution in [0.15, 0.2) is 0 Å². The molecule has 1 aliphatic heterocycles. The third-order valence-corrected chi connectivity index (χ3v) is 9.90. The van der Waals surface area contributed by atoms with E-state index in [1.54, 1.807) is 0 Å². The second kappa shape index (κ2) is 32.0. The number of likely N-dealkylation sites (tertiary alicyclic amines) is 1. The number of carboxylic acids is 1. The number of aliphatic carboxylic acids is 1. The Kier molecular flexibility index (Phi) is 29.6. The Labute approximate surface area is 306 Å². The van der Waals surface area contributed by atoms with E-state index in [4.69, 9.17) is 19.3 Å². The second-order valence-corrected chi connectivity index (χ2v) is 15.0. The van der Waals surface area contributed by atoms with Gasteiger partial charge in [0.05, 0.1) is 12.7 Å². The molecule has 50 heavy (non-hydrogen) atoms. The summed E-state index contributed by atoms with van der Waals surface area (Å²) < 4.78 is 17.8. The fraction of sp³-hybridized carbons (Fsp3) is 0.927. The van der Waals surface area contributed by atoms with E-state index in [0.29, 0.717) is 39.0 Å². The normalized spacial score (nSPS) is 16.4. The van der Waals surface area contributed by atoms with Gasteiger partial charge in [-0.15, -0.1) is 0 Å². The molecule has 0 bridgehead atoms. The molecule has 1 rings (SSSR count). The first kappa shape index (κ1) is 46.3. The fourth-order valence-corrected chi connectivity index (χ4v) is 6.86. The van der Waals surface area contributed by atoms with E-state index in [-0.39, 0.29) is 36.6 Å². The molecule has 9 heteroatoms. The minimum atomic E-state index is -0.761. The first-order chi connectivity index (χ1) is 24.3. The van der Waals surface area contributed by atoms with Gasteiger partial charge in [-0.2, -0.15) is 0 Å². The van der Waals surface area contributed by atoms with Crippen molar-refractivity contribution in [3.8, 4) is 0 Å². The molecule has 0 aromatic rings. The van der Waals surface area contributed by atoms with Crippen LogP contribution in [0, 0.1) is 0 Å². The number of carbonyl (C=O) groups is 3. The van der Waals surface area contributed by atoms with Gasteiger partial charge >= 0.3 is 17.9 Å². The van der Waals surface area contributed by atoms with Crippen molar-refractivity contribution in [2.24, 2.45) is 0 Å². The summed E-state index contributed by atoms with van der Waals surface area (Å²) in [5.74, 6) is -0.972. The molecule has 0 spiro atoms. The molecular formula is C41H78N2O7. The van der Waals surface area contributed by atoms with Gasteiger partial charge in [0.2, 0.25) is 0 Å². The lowest BCUT2D eigenvalue weighted by Gasteiger charge is -2.22. The predicted octanol–water partition coefficient (Wildman–Crippen LogP) is 9.34. The van der Waals surface area contributed by atoms with Crippen molar-refractivity contribution in [1.29, 1.82) is 0 Å². The number of hydrogen-bond acceptors (Lipinski definition) is 8. The van der Waals surface area contributed by atoms with Crippen molar-refractivity contribution in [3.05, 3.63) is 0 Å². The molecular weight excluding hydrogens is 632 g/mol. The van der Waals surface area contributed by atoms with Gasteiger partial charge in [-0.3, -0.25) is 19.3 Å². The second-order valence-electron chi connectivity index (χ2n) is 15.0. The number of carboxylic acid groups (broad SMARTS) is 1. The van der Waals surface area contributed by atoms with Gasteiger partial charge < -0.3 is 24.2 Å². The molecule has 1 fully saturated rings. The molecule has 2 atom stereocenters. The van der Waals surface area contributed by atoms with Crippen molar-refractivity contribution >= 4 is 17.9 Å². The molecule has 9 nitrogen and oxygen atoms in total. The predicted molar refractivity (Wildman–Crippen MR) is 204 cm³/mol. The van der Waals surface area contributed by atoms with E-state index >= 15 is 0 Å². The summed E-state index contributed by atoms with van der Waals surface area (Å²) in [6.45, 7) is 8.01. The Morgan fingerprint density at radius 3 is 1.88 bits per heavy atom. The van der Waals surface area contributed by atoms with Crippen LogP contribution in [0.3, 0.4) is 0 Å². The van der Waals surface area contributed by atoms with Crippen LogP contribution in [0.2, 0.25) is 0 Å². The summed E-state index contributed by atoms with van der Waals surface area (Å²) in [6, 6.07) is -0.301. The molecule has 1 heterocycles. The Morgan fingerprint density at radius 1 is 0.700 bits per heavy atom. The Hall–Kier alpha value is -1.71. The molecule has 294 valence electrons. The molecule has 1 unspecified atom stereocenters. The van der Waals surface area contributed by atoms with E-state index in [1.165, 1.54) is 64.2 Å². The molecule has 0 aromatic carbocycles. The molecule has 1 N–H and O–H groups in total. The van der Waals surface area contributed by atoms with Crippen LogP contribution in [0.4, 0.5) is 0 Å². The summed E-state index contributed by atoms with van der Waals surface area (Å²) in [6.07, 6.45) is 26.5. The van der Waals surface area contributed by atoms with Gasteiger partial charge in [-0.1, -0.05) is 104 Å². The van der Waals surface area contributed by atoms with Gasteiger partial charge in [0.1, 0.15) is 12.1 Å². The Morgan fingerprint density at radius 2 is 1.26 bits per heavy atom. The highest BCUT2D eigenvalue weighted by Crippen LogP contribution is 2.23. The first-order valence-corrected chi connectivity index (χ1v) is 20.8. The van der Waals surface area contributed by atoms with Gasteiger partial charge in [0.15, 0.2) is 0 Å². The number of nitrogens with zero attached hydrogens (tertiary/aromatic N) is 2. The summed E-state index contributed by atoms with van der Waals surface area (Å²) in [5, 5.41) is 8.91. The van der Waals surface area contributed by atoms with Crippen LogP contribution in [0.5, 0.6) is 0 Å². The van der Waals surface area contributed by atoms with Crippen LogP contribution in [0.1, 0.15) is 181 Å². The molecule has 1 saturated heterocycles. The molecule has 0 aliphatic carbocycles. The number of unbranched alkanes of at least 4 members (excludes halogenated alkanes) is 16. The third-order valence-electron chi connectivity index (χ3n) is 9.90. The number of esters is 2. The van der Waals surface area contributed by atoms with Gasteiger partial charge in [0.25, 0.3) is 0 Å². The molecule has 1 aliphatic rings. The molecule has 0 amide bonds. The SMILES string of the molecule is CCCCCCCCC(CCCCCCCC)OC(=O)CCCCCCCOC(=O)[C@@H]1CC(OCCCN(C)C)CN1CCCCCC(=O)O. The zero-order chi connectivity index (χ0) is 36.7. The van der Waals surface area contributed by atoms with Gasteiger partial charge in [-0.25, -0.2) is 0 Å². The maximum Gasteiger partial charge on any atom is 0.323 e. The highest BCUT2D eigenvalue weighted by Gasteiger charge is 2.38. The summed E-state index contributed by atoms with van der Waals surface area (Å²) in [4.78, 5) is 40.9. The molecule has 0 saturated carbocycles. The number of carbonyl (C=O) groups excluding carboxylic acids is 2. The average Bonchev–Trinajstić information content (AvgIpc) is 3.49. The van der Waals surface area contributed by atoms with Crippen LogP contribution in [0.25, 0.3) is 0 Å². The Balaban J connectivity index is 2.32. The van der Waals surface area contributed by atoms with Crippen molar-refractivity contribution in [2.45, 2.75) is 199 Å². The van der Waals surface area contributed by atoms with E-state index in [2.05, 4.69) is 37.7 Å². The standard InChI is InChI=1S/C41H78N2O7/c1-5-7-9-11-14-19-26-36(27-20-15-12-10-8-6-2)50-40(46)29-22-16-13-17-24-32-49-41(47)38-34-37(48-33-25-30-42(3)4)35-43(38)31-23-18-21-28-39(44)45/h36-38H,5-35H2,1-4H3,(H,44,45)/t37?,38-/m0/s1. The topological polar surface area (TPSA) is 106 Å². The lowest BCUT2D eigenvalue weighted by molar-refractivity contribution is -0.150. The summed E-state index contributed by atoms with van der Waals surface area (Å²) in [7, 11) is 4.10. The monoisotopic (exact) mass is 711 g/mol. The number of ether oxygens (including phenoxy) is 3. The zero-order valence-electron chi connectivity index (χ0n) is 32.9. The van der Waals surface area contributed by atoms with Crippen molar-refractivity contribution in [1.82, 2.24) is 9.80 Å². The van der Waals surface area contributed by atoms with Crippen LogP contribution in [-0.2, 0) is 28.6 Å². The highest BCUT2D eigenvalue weighted by molar-refractivity contribution is 5.76. The largest absolute Gasteiger partial charge is 0.481 e. The smallest absolute Gasteiger partial charge is 0.323 e. The Bertz CT molecular complexity index is 824. The number of hydrogen-bond donors (Lipinski definition) is 1. The van der Waals surface area contributed by atoms with Gasteiger partial charge in [-0.05, 0) is 85.0 Å². The third kappa shape index (κ3) is 26.1. The van der Waals surface area contributed by atoms with E-state index < -0.39 is 5.97 Å². The van der Waals surface area contributed by atoms with Crippen LogP contribution in [-0.4, -0.2) is 98.0 Å². The van der Waals surface area contributed by atoms with Crippen molar-refractivity contribution in [2.75, 3.05) is 46.9 Å². The van der Waals surface area contributed by atoms with Crippen LogP contribution >= 0.6 is 0 Å². The summed E-state index contributed by atoms with van der Waals surface area (Å²) in [5.41, 5.74) is 0. The minimum Gasteiger partial charge on any atom is -0.481 e. The quantitative estimate of drug-likeness (QED) is 0.0509. The average molecular weight is 711 g/mol. The van der Waals surface area contributed by atoms with Crippen molar-refractivity contribution < 1.29 is 33.7 Å². The summed E-state index contributed by atoms with van der Waals surface area (Å²) >= 11 is 0. The zero-order valence-corrected chi connectivity index (χ0v) is 32.9. The lowest BCUT2D eigenvalue weighted by atomic mass is 10.0. The maximum absolute atomic E-state index is 13.1. The van der Waals surface area contributed by atoms with E-state index in [0.717, 1.165) is 90.1 Å². The number of rotatable bonds is 35. The molecule has 0 radical (unpaired) electrons. The fourth-order valence-electron chi connectivity index (χ4n) is 6.86. The van der Waals surface area contributed by atoms with Gasteiger partial charge in [0, 0.05) is 32.4 Å². The van der Waals surface area contributed by atoms with E-state index in [9.17, 15) is 14.4 Å². The van der Waals surface area contributed by atoms with Crippen LogP contribution < -0.4 is 0 Å². The minimum absolute atomic E-state index is 0.0156. The first-order valence-electron chi connectivity index (χ1n) is 20.8. The van der Waals surface area contributed by atoms with Crippen molar-refractivity contribution in [3.63, 3.8) is 0 Å². The lowest BCUT2D eigenvalue weighted by Crippen LogP contribution is -2.38. The molecule has 0 aromatic heterocycles. The maximum atomic E-state index is 13.1. The highest BCUT2D eigenvalue weighted by atomic mass is 16.5. The van der Waals surface area contributed by atoms with E-state index in [1.807, 2.05) is 0 Å².